The topological polar surface area (TPSA) is 72.2 Å². The summed E-state index contributed by atoms with van der Waals surface area (Å²) in [5.41, 5.74) is 2.28. The fourth-order valence-corrected chi connectivity index (χ4v) is 3.72. The van der Waals surface area contributed by atoms with Crippen LogP contribution in [0.2, 0.25) is 0 Å². The molecule has 2 rings (SSSR count). The van der Waals surface area contributed by atoms with Crippen molar-refractivity contribution in [3.8, 4) is 0 Å². The molecule has 0 amide bonds. The molecule has 0 radical (unpaired) electrons. The molecule has 1 heterocycles. The lowest BCUT2D eigenvalue weighted by Gasteiger charge is -2.09. The van der Waals surface area contributed by atoms with Gasteiger partial charge in [-0.25, -0.2) is 13.1 Å². The third kappa shape index (κ3) is 2.88. The van der Waals surface area contributed by atoms with Crippen LogP contribution in [-0.4, -0.2) is 13.6 Å². The van der Waals surface area contributed by atoms with Crippen LogP contribution < -0.4 is 4.72 Å². The molecular weight excluding hydrogens is 344 g/mol. The molecule has 0 saturated heterocycles. The van der Waals surface area contributed by atoms with Crippen molar-refractivity contribution in [3.63, 3.8) is 0 Å². The zero-order chi connectivity index (χ0) is 14.9. The monoisotopic (exact) mass is 358 g/mol. The number of aromatic nitrogens is 1. The van der Waals surface area contributed by atoms with E-state index < -0.39 is 10.0 Å². The van der Waals surface area contributed by atoms with Gasteiger partial charge in [0.05, 0.1) is 5.69 Å². The van der Waals surface area contributed by atoms with Gasteiger partial charge in [-0.2, -0.15) is 0 Å². The summed E-state index contributed by atoms with van der Waals surface area (Å²) in [6.45, 7) is 5.47. The van der Waals surface area contributed by atoms with Crippen molar-refractivity contribution < 1.29 is 12.9 Å². The van der Waals surface area contributed by atoms with Crippen LogP contribution >= 0.6 is 15.9 Å². The maximum atomic E-state index is 12.4. The smallest absolute Gasteiger partial charge is 0.265 e. The predicted molar refractivity (Wildman–Crippen MR) is 80.3 cm³/mol. The summed E-state index contributed by atoms with van der Waals surface area (Å²) in [6, 6.07) is 5.25. The summed E-state index contributed by atoms with van der Waals surface area (Å²) in [5, 5.41) is 3.74. The van der Waals surface area contributed by atoms with Crippen LogP contribution in [0.4, 0.5) is 5.88 Å². The SMILES string of the molecule is CCc1ccc(Br)c(S(=O)(=O)Nc2onc(C)c2C)c1. The van der Waals surface area contributed by atoms with Crippen LogP contribution in [0.25, 0.3) is 0 Å². The molecule has 0 saturated carbocycles. The van der Waals surface area contributed by atoms with Crippen molar-refractivity contribution >= 4 is 31.8 Å². The lowest BCUT2D eigenvalue weighted by molar-refractivity contribution is 0.430. The van der Waals surface area contributed by atoms with Crippen LogP contribution in [-0.2, 0) is 16.4 Å². The summed E-state index contributed by atoms with van der Waals surface area (Å²) < 4.78 is 32.8. The highest BCUT2D eigenvalue weighted by molar-refractivity contribution is 9.10. The van der Waals surface area contributed by atoms with Crippen molar-refractivity contribution in [1.82, 2.24) is 5.16 Å². The fourth-order valence-electron chi connectivity index (χ4n) is 1.66. The molecule has 7 heteroatoms. The maximum Gasteiger partial charge on any atom is 0.265 e. The van der Waals surface area contributed by atoms with Gasteiger partial charge < -0.3 is 4.52 Å². The van der Waals surface area contributed by atoms with Crippen LogP contribution in [0, 0.1) is 13.8 Å². The van der Waals surface area contributed by atoms with Crippen molar-refractivity contribution in [1.29, 1.82) is 0 Å². The Morgan fingerprint density at radius 3 is 2.60 bits per heavy atom. The molecule has 1 N–H and O–H groups in total. The van der Waals surface area contributed by atoms with Gasteiger partial charge in [0.15, 0.2) is 0 Å². The number of hydrogen-bond acceptors (Lipinski definition) is 4. The predicted octanol–water partition coefficient (Wildman–Crippen LogP) is 3.42. The first-order chi connectivity index (χ1) is 9.35. The number of nitrogens with one attached hydrogen (secondary N) is 1. The second kappa shape index (κ2) is 5.57. The molecule has 5 nitrogen and oxygen atoms in total. The number of halogens is 1. The van der Waals surface area contributed by atoms with E-state index in [4.69, 9.17) is 4.52 Å². The highest BCUT2D eigenvalue weighted by atomic mass is 79.9. The summed E-state index contributed by atoms with van der Waals surface area (Å²) in [7, 11) is -3.72. The van der Waals surface area contributed by atoms with Crippen LogP contribution in [0.1, 0.15) is 23.7 Å². The zero-order valence-electron chi connectivity index (χ0n) is 11.4. The molecule has 0 aliphatic rings. The Labute approximate surface area is 126 Å². The molecule has 108 valence electrons. The number of hydrogen-bond donors (Lipinski definition) is 1. The Morgan fingerprint density at radius 2 is 2.05 bits per heavy atom. The van der Waals surface area contributed by atoms with Crippen LogP contribution in [0.5, 0.6) is 0 Å². The standard InChI is InChI=1S/C13H15BrN2O3S/c1-4-10-5-6-11(14)12(7-10)20(17,18)16-13-8(2)9(3)15-19-13/h5-7,16H,4H2,1-3H3. The van der Waals surface area contributed by atoms with Crippen molar-refractivity contribution in [2.45, 2.75) is 32.1 Å². The third-order valence-electron chi connectivity index (χ3n) is 3.08. The van der Waals surface area contributed by atoms with E-state index in [0.29, 0.717) is 15.7 Å². The minimum atomic E-state index is -3.72. The summed E-state index contributed by atoms with van der Waals surface area (Å²) in [4.78, 5) is 0.185. The molecule has 0 aliphatic carbocycles. The molecule has 0 atom stereocenters. The van der Waals surface area contributed by atoms with E-state index in [2.05, 4.69) is 25.8 Å². The lowest BCUT2D eigenvalue weighted by Crippen LogP contribution is -2.14. The average molecular weight is 359 g/mol. The molecular formula is C13H15BrN2O3S. The number of sulfonamides is 1. The Balaban J connectivity index is 2.43. The molecule has 0 spiro atoms. The molecule has 0 bridgehead atoms. The Kier molecular flexibility index (Phi) is 4.19. The van der Waals surface area contributed by atoms with Gasteiger partial charge >= 0.3 is 0 Å². The van der Waals surface area contributed by atoms with E-state index in [1.807, 2.05) is 13.0 Å². The number of aryl methyl sites for hydroxylation is 2. The third-order valence-corrected chi connectivity index (χ3v) is 5.40. The van der Waals surface area contributed by atoms with Crippen molar-refractivity contribution in [2.75, 3.05) is 4.72 Å². The van der Waals surface area contributed by atoms with E-state index in [9.17, 15) is 8.42 Å². The fraction of sp³-hybridized carbons (Fsp3) is 0.308. The molecule has 0 unspecified atom stereocenters. The van der Waals surface area contributed by atoms with E-state index in [1.54, 1.807) is 26.0 Å². The molecule has 1 aromatic carbocycles. The highest BCUT2D eigenvalue weighted by Gasteiger charge is 2.21. The van der Waals surface area contributed by atoms with Gasteiger partial charge in [0, 0.05) is 10.0 Å². The Morgan fingerprint density at radius 1 is 1.35 bits per heavy atom. The second-order valence-corrected chi connectivity index (χ2v) is 6.95. The van der Waals surface area contributed by atoms with E-state index in [0.717, 1.165) is 12.0 Å². The summed E-state index contributed by atoms with van der Waals surface area (Å²) in [6.07, 6.45) is 0.760. The molecule has 20 heavy (non-hydrogen) atoms. The number of anilines is 1. The molecule has 2 aromatic rings. The highest BCUT2D eigenvalue weighted by Crippen LogP contribution is 2.27. The number of benzene rings is 1. The summed E-state index contributed by atoms with van der Waals surface area (Å²) in [5.74, 6) is 0.149. The normalized spacial score (nSPS) is 11.6. The maximum absolute atomic E-state index is 12.4. The first-order valence-electron chi connectivity index (χ1n) is 6.09. The summed E-state index contributed by atoms with van der Waals surface area (Å²) >= 11 is 3.27. The van der Waals surface area contributed by atoms with Gasteiger partial charge in [0.2, 0.25) is 5.88 Å². The largest absolute Gasteiger partial charge is 0.337 e. The van der Waals surface area contributed by atoms with Gasteiger partial charge in [-0.05, 0) is 53.9 Å². The quantitative estimate of drug-likeness (QED) is 0.908. The number of rotatable bonds is 4. The van der Waals surface area contributed by atoms with E-state index >= 15 is 0 Å². The van der Waals surface area contributed by atoms with Gasteiger partial charge in [0.1, 0.15) is 4.90 Å². The molecule has 0 fully saturated rings. The first-order valence-corrected chi connectivity index (χ1v) is 8.37. The minimum Gasteiger partial charge on any atom is -0.337 e. The van der Waals surface area contributed by atoms with E-state index in [1.165, 1.54) is 0 Å². The van der Waals surface area contributed by atoms with Gasteiger partial charge in [0.25, 0.3) is 10.0 Å². The Bertz CT molecular complexity index is 738. The van der Waals surface area contributed by atoms with Gasteiger partial charge in [-0.3, -0.25) is 0 Å². The molecule has 1 aromatic heterocycles. The van der Waals surface area contributed by atoms with Gasteiger partial charge in [-0.15, -0.1) is 0 Å². The number of nitrogens with zero attached hydrogens (tertiary/aromatic N) is 1. The Hall–Kier alpha value is -1.34. The van der Waals surface area contributed by atoms with Gasteiger partial charge in [-0.1, -0.05) is 18.1 Å². The zero-order valence-corrected chi connectivity index (χ0v) is 13.8. The minimum absolute atomic E-state index is 0.149. The second-order valence-electron chi connectivity index (χ2n) is 4.45. The first kappa shape index (κ1) is 15.1. The molecule has 0 aliphatic heterocycles. The van der Waals surface area contributed by atoms with Crippen molar-refractivity contribution in [2.24, 2.45) is 0 Å². The van der Waals surface area contributed by atoms with Crippen LogP contribution in [0.15, 0.2) is 32.1 Å². The van der Waals surface area contributed by atoms with Crippen LogP contribution in [0.3, 0.4) is 0 Å². The average Bonchev–Trinajstić information content (AvgIpc) is 2.70. The van der Waals surface area contributed by atoms with E-state index in [-0.39, 0.29) is 10.8 Å². The van der Waals surface area contributed by atoms with Crippen molar-refractivity contribution in [3.05, 3.63) is 39.5 Å². The lowest BCUT2D eigenvalue weighted by atomic mass is 10.2.